The van der Waals surface area contributed by atoms with Crippen LogP contribution in [0, 0.1) is 0 Å². The van der Waals surface area contributed by atoms with E-state index in [1.54, 1.807) is 25.4 Å². The first-order valence-electron chi connectivity index (χ1n) is 11.4. The zero-order valence-electron chi connectivity index (χ0n) is 19.5. The zero-order chi connectivity index (χ0) is 23.9. The van der Waals surface area contributed by atoms with Gasteiger partial charge in [-0.25, -0.2) is 0 Å². The number of benzene rings is 3. The SMILES string of the molecule is CNC(=O)c1ccc(CN(CC(=O)NC(C)c2cccc3ccccc23)Cc2ccco2)cc1. The molecule has 0 aliphatic carbocycles. The standard InChI is InChI=1S/C28H29N3O3/c1-20(25-11-5-8-22-7-3-4-10-26(22)25)30-27(32)19-31(18-24-9-6-16-34-24)17-21-12-14-23(15-13-21)28(33)29-2/h3-16,20H,17-19H2,1-2H3,(H,29,33)(H,30,32). The van der Waals surface area contributed by atoms with Crippen LogP contribution in [0.25, 0.3) is 10.8 Å². The molecule has 4 aromatic rings. The van der Waals surface area contributed by atoms with E-state index in [0.29, 0.717) is 18.7 Å². The Morgan fingerprint density at radius 2 is 1.68 bits per heavy atom. The second kappa shape index (κ2) is 10.8. The van der Waals surface area contributed by atoms with E-state index in [9.17, 15) is 9.59 Å². The highest BCUT2D eigenvalue weighted by Crippen LogP contribution is 2.24. The number of carbonyl (C=O) groups excluding carboxylic acids is 2. The fraction of sp³-hybridized carbons (Fsp3) is 0.214. The molecule has 0 aliphatic heterocycles. The summed E-state index contributed by atoms with van der Waals surface area (Å²) in [5, 5.41) is 8.07. The summed E-state index contributed by atoms with van der Waals surface area (Å²) in [5.74, 6) is 0.603. The summed E-state index contributed by atoms with van der Waals surface area (Å²) >= 11 is 0. The highest BCUT2D eigenvalue weighted by atomic mass is 16.3. The highest BCUT2D eigenvalue weighted by molar-refractivity contribution is 5.94. The minimum Gasteiger partial charge on any atom is -0.468 e. The quantitative estimate of drug-likeness (QED) is 0.385. The summed E-state index contributed by atoms with van der Waals surface area (Å²) in [6, 6.07) is 25.4. The Hall–Kier alpha value is -3.90. The fourth-order valence-electron chi connectivity index (χ4n) is 4.15. The number of rotatable bonds is 9. The predicted octanol–water partition coefficient (Wildman–Crippen LogP) is 4.67. The number of hydrogen-bond donors (Lipinski definition) is 2. The van der Waals surface area contributed by atoms with Gasteiger partial charge in [-0.15, -0.1) is 0 Å². The van der Waals surface area contributed by atoms with E-state index in [2.05, 4.69) is 34.9 Å². The Morgan fingerprint density at radius 3 is 2.41 bits per heavy atom. The smallest absolute Gasteiger partial charge is 0.251 e. The fourth-order valence-corrected chi connectivity index (χ4v) is 4.15. The average molecular weight is 456 g/mol. The molecule has 34 heavy (non-hydrogen) atoms. The van der Waals surface area contributed by atoms with Gasteiger partial charge in [-0.1, -0.05) is 54.6 Å². The van der Waals surface area contributed by atoms with Crippen LogP contribution < -0.4 is 10.6 Å². The van der Waals surface area contributed by atoms with E-state index in [1.807, 2.05) is 54.3 Å². The van der Waals surface area contributed by atoms with Gasteiger partial charge in [-0.2, -0.15) is 0 Å². The van der Waals surface area contributed by atoms with Gasteiger partial charge in [0.1, 0.15) is 5.76 Å². The summed E-state index contributed by atoms with van der Waals surface area (Å²) in [7, 11) is 1.61. The Morgan fingerprint density at radius 1 is 0.912 bits per heavy atom. The van der Waals surface area contributed by atoms with Crippen molar-refractivity contribution in [3.05, 3.63) is 108 Å². The van der Waals surface area contributed by atoms with Crippen LogP contribution in [0.3, 0.4) is 0 Å². The lowest BCUT2D eigenvalue weighted by molar-refractivity contribution is -0.123. The number of nitrogens with zero attached hydrogens (tertiary/aromatic N) is 1. The number of carbonyl (C=O) groups is 2. The molecule has 2 amide bonds. The molecule has 6 nitrogen and oxygen atoms in total. The van der Waals surface area contributed by atoms with Crippen molar-refractivity contribution < 1.29 is 14.0 Å². The van der Waals surface area contributed by atoms with Gasteiger partial charge in [0.2, 0.25) is 5.91 Å². The molecule has 6 heteroatoms. The molecule has 4 rings (SSSR count). The van der Waals surface area contributed by atoms with Gasteiger partial charge in [0.15, 0.2) is 0 Å². The van der Waals surface area contributed by atoms with Gasteiger partial charge >= 0.3 is 0 Å². The maximum absolute atomic E-state index is 13.0. The van der Waals surface area contributed by atoms with E-state index >= 15 is 0 Å². The topological polar surface area (TPSA) is 74.6 Å². The van der Waals surface area contributed by atoms with E-state index < -0.39 is 0 Å². The Kier molecular flexibility index (Phi) is 7.40. The average Bonchev–Trinajstić information content (AvgIpc) is 3.36. The predicted molar refractivity (Wildman–Crippen MR) is 133 cm³/mol. The second-order valence-electron chi connectivity index (χ2n) is 8.36. The molecule has 0 saturated heterocycles. The van der Waals surface area contributed by atoms with Crippen LogP contribution in [0.2, 0.25) is 0 Å². The summed E-state index contributed by atoms with van der Waals surface area (Å²) in [5.41, 5.74) is 2.70. The first kappa shape index (κ1) is 23.3. The normalized spacial score (nSPS) is 12.0. The third-order valence-corrected chi connectivity index (χ3v) is 5.84. The summed E-state index contributed by atoms with van der Waals surface area (Å²) in [4.78, 5) is 26.9. The molecule has 174 valence electrons. The van der Waals surface area contributed by atoms with Gasteiger partial charge in [0.05, 0.1) is 25.4 Å². The number of fused-ring (bicyclic) bond motifs is 1. The van der Waals surface area contributed by atoms with E-state index in [0.717, 1.165) is 27.7 Å². The Bertz CT molecular complexity index is 1240. The van der Waals surface area contributed by atoms with E-state index in [4.69, 9.17) is 4.42 Å². The molecule has 2 N–H and O–H groups in total. The van der Waals surface area contributed by atoms with Crippen molar-refractivity contribution in [1.29, 1.82) is 0 Å². The minimum atomic E-state index is -0.129. The first-order chi connectivity index (χ1) is 16.5. The number of nitrogens with one attached hydrogen (secondary N) is 2. The zero-order valence-corrected chi connectivity index (χ0v) is 19.5. The van der Waals surface area contributed by atoms with Crippen LogP contribution in [-0.2, 0) is 17.9 Å². The van der Waals surface area contributed by atoms with Crippen LogP contribution in [0.1, 0.15) is 40.2 Å². The molecule has 0 spiro atoms. The van der Waals surface area contributed by atoms with Gasteiger partial charge < -0.3 is 15.1 Å². The monoisotopic (exact) mass is 455 g/mol. The molecule has 0 radical (unpaired) electrons. The van der Waals surface area contributed by atoms with Crippen molar-refractivity contribution in [2.24, 2.45) is 0 Å². The Balaban J connectivity index is 1.46. The molecule has 0 saturated carbocycles. The molecule has 1 atom stereocenters. The molecule has 0 bridgehead atoms. The molecule has 3 aromatic carbocycles. The summed E-state index contributed by atoms with van der Waals surface area (Å²) in [6.45, 7) is 3.27. The van der Waals surface area contributed by atoms with Gasteiger partial charge in [-0.05, 0) is 53.1 Å². The first-order valence-corrected chi connectivity index (χ1v) is 11.4. The van der Waals surface area contributed by atoms with Crippen molar-refractivity contribution in [3.8, 4) is 0 Å². The van der Waals surface area contributed by atoms with Crippen LogP contribution in [0.15, 0.2) is 89.5 Å². The maximum atomic E-state index is 13.0. The van der Waals surface area contributed by atoms with E-state index in [1.165, 1.54) is 0 Å². The van der Waals surface area contributed by atoms with Gasteiger partial charge in [0.25, 0.3) is 5.91 Å². The summed E-state index contributed by atoms with van der Waals surface area (Å²) in [6.07, 6.45) is 1.63. The van der Waals surface area contributed by atoms with Gasteiger partial charge in [0, 0.05) is 19.2 Å². The van der Waals surface area contributed by atoms with Crippen LogP contribution in [0.4, 0.5) is 0 Å². The summed E-state index contributed by atoms with van der Waals surface area (Å²) < 4.78 is 5.52. The third kappa shape index (κ3) is 5.71. The van der Waals surface area contributed by atoms with Gasteiger partial charge in [-0.3, -0.25) is 14.5 Å². The molecule has 0 fully saturated rings. The molecular weight excluding hydrogens is 426 g/mol. The van der Waals surface area contributed by atoms with Crippen molar-refractivity contribution in [1.82, 2.24) is 15.5 Å². The maximum Gasteiger partial charge on any atom is 0.251 e. The largest absolute Gasteiger partial charge is 0.468 e. The number of furan rings is 1. The van der Waals surface area contributed by atoms with Crippen molar-refractivity contribution in [3.63, 3.8) is 0 Å². The number of amides is 2. The molecule has 1 aromatic heterocycles. The lowest BCUT2D eigenvalue weighted by Crippen LogP contribution is -2.37. The molecule has 1 unspecified atom stereocenters. The van der Waals surface area contributed by atoms with Crippen molar-refractivity contribution >= 4 is 22.6 Å². The third-order valence-electron chi connectivity index (χ3n) is 5.84. The lowest BCUT2D eigenvalue weighted by atomic mass is 10.00. The van der Waals surface area contributed by atoms with Crippen LogP contribution in [0.5, 0.6) is 0 Å². The molecule has 0 aliphatic rings. The minimum absolute atomic E-state index is 0.0611. The second-order valence-corrected chi connectivity index (χ2v) is 8.36. The lowest BCUT2D eigenvalue weighted by Gasteiger charge is -2.23. The highest BCUT2D eigenvalue weighted by Gasteiger charge is 2.17. The van der Waals surface area contributed by atoms with Crippen molar-refractivity contribution in [2.45, 2.75) is 26.1 Å². The molecular formula is C28H29N3O3. The van der Waals surface area contributed by atoms with E-state index in [-0.39, 0.29) is 24.4 Å². The molecule has 1 heterocycles. The van der Waals surface area contributed by atoms with Crippen molar-refractivity contribution in [2.75, 3.05) is 13.6 Å². The number of hydrogen-bond acceptors (Lipinski definition) is 4. The van der Waals surface area contributed by atoms with Crippen LogP contribution >= 0.6 is 0 Å². The Labute approximate surface area is 199 Å². The van der Waals surface area contributed by atoms with Crippen LogP contribution in [-0.4, -0.2) is 30.3 Å².